The average Bonchev–Trinajstić information content (AvgIpc) is 2.81. The van der Waals surface area contributed by atoms with Gasteiger partial charge < -0.3 is 15.4 Å². The smallest absolute Gasteiger partial charge is 0.252 e. The summed E-state index contributed by atoms with van der Waals surface area (Å²) < 4.78 is 5.60. The van der Waals surface area contributed by atoms with Gasteiger partial charge in [0, 0.05) is 24.9 Å². The molecular weight excluding hydrogens is 252 g/mol. The first-order chi connectivity index (χ1) is 9.49. The summed E-state index contributed by atoms with van der Waals surface area (Å²) in [5.74, 6) is 0.386. The van der Waals surface area contributed by atoms with Crippen molar-refractivity contribution in [3.05, 3.63) is 29.8 Å². The molecule has 1 saturated heterocycles. The molecule has 1 aliphatic rings. The molecule has 110 valence electrons. The molecule has 0 bridgehead atoms. The van der Waals surface area contributed by atoms with Crippen molar-refractivity contribution in [1.82, 2.24) is 4.90 Å². The van der Waals surface area contributed by atoms with Crippen LogP contribution in [-0.2, 0) is 16.1 Å². The number of ether oxygens (including phenoxy) is 1. The van der Waals surface area contributed by atoms with Crippen LogP contribution in [0.25, 0.3) is 0 Å². The standard InChI is InChI=1S/C16H24N2O2/c1-11(2)18(10-13-5-4-6-14(17)9-13)16(19)15-12(3)7-8-20-15/h4-6,9,11-12,15H,7-8,10,17H2,1-3H3. The van der Waals surface area contributed by atoms with Crippen LogP contribution in [-0.4, -0.2) is 29.6 Å². The first kappa shape index (κ1) is 14.9. The van der Waals surface area contributed by atoms with Crippen molar-refractivity contribution in [2.75, 3.05) is 12.3 Å². The number of rotatable bonds is 4. The van der Waals surface area contributed by atoms with Gasteiger partial charge in [-0.2, -0.15) is 0 Å². The number of amides is 1. The van der Waals surface area contributed by atoms with E-state index >= 15 is 0 Å². The van der Waals surface area contributed by atoms with E-state index in [1.54, 1.807) is 0 Å². The minimum Gasteiger partial charge on any atom is -0.399 e. The lowest BCUT2D eigenvalue weighted by Gasteiger charge is -2.30. The maximum absolute atomic E-state index is 12.7. The lowest BCUT2D eigenvalue weighted by Crippen LogP contribution is -2.44. The van der Waals surface area contributed by atoms with Gasteiger partial charge in [-0.1, -0.05) is 19.1 Å². The van der Waals surface area contributed by atoms with Gasteiger partial charge in [-0.25, -0.2) is 0 Å². The molecule has 20 heavy (non-hydrogen) atoms. The van der Waals surface area contributed by atoms with Gasteiger partial charge >= 0.3 is 0 Å². The summed E-state index contributed by atoms with van der Waals surface area (Å²) in [6, 6.07) is 7.83. The lowest BCUT2D eigenvalue weighted by molar-refractivity contribution is -0.145. The van der Waals surface area contributed by atoms with Crippen molar-refractivity contribution in [2.24, 2.45) is 5.92 Å². The predicted octanol–water partition coefficient (Wildman–Crippen LogP) is 2.43. The van der Waals surface area contributed by atoms with E-state index in [1.807, 2.05) is 43.0 Å². The van der Waals surface area contributed by atoms with E-state index in [2.05, 4.69) is 6.92 Å². The fraction of sp³-hybridized carbons (Fsp3) is 0.562. The molecule has 4 heteroatoms. The highest BCUT2D eigenvalue weighted by molar-refractivity contribution is 5.81. The Labute approximate surface area is 120 Å². The van der Waals surface area contributed by atoms with Gasteiger partial charge in [0.05, 0.1) is 0 Å². The third kappa shape index (κ3) is 3.31. The largest absolute Gasteiger partial charge is 0.399 e. The zero-order valence-corrected chi connectivity index (χ0v) is 12.5. The van der Waals surface area contributed by atoms with Crippen LogP contribution in [0.4, 0.5) is 5.69 Å². The number of benzene rings is 1. The number of nitrogens with two attached hydrogens (primary N) is 1. The zero-order chi connectivity index (χ0) is 14.7. The van der Waals surface area contributed by atoms with E-state index in [0.717, 1.165) is 17.7 Å². The fourth-order valence-electron chi connectivity index (χ4n) is 2.58. The molecule has 2 rings (SSSR count). The minimum atomic E-state index is -0.293. The predicted molar refractivity (Wildman–Crippen MR) is 80.1 cm³/mol. The number of nitrogen functional groups attached to an aromatic ring is 1. The summed E-state index contributed by atoms with van der Waals surface area (Å²) >= 11 is 0. The Bertz CT molecular complexity index is 473. The van der Waals surface area contributed by atoms with Crippen LogP contribution in [0, 0.1) is 5.92 Å². The summed E-state index contributed by atoms with van der Waals surface area (Å²) in [6.45, 7) is 7.40. The highest BCUT2D eigenvalue weighted by Gasteiger charge is 2.34. The van der Waals surface area contributed by atoms with E-state index in [1.165, 1.54) is 0 Å². The van der Waals surface area contributed by atoms with Crippen molar-refractivity contribution >= 4 is 11.6 Å². The van der Waals surface area contributed by atoms with Gasteiger partial charge in [-0.3, -0.25) is 4.79 Å². The van der Waals surface area contributed by atoms with Crippen LogP contribution in [0.3, 0.4) is 0 Å². The number of nitrogens with zero attached hydrogens (tertiary/aromatic N) is 1. The Hall–Kier alpha value is -1.55. The molecule has 0 aromatic heterocycles. The van der Waals surface area contributed by atoms with Gasteiger partial charge in [0.1, 0.15) is 6.10 Å². The Balaban J connectivity index is 2.12. The Morgan fingerprint density at radius 3 is 2.80 bits per heavy atom. The zero-order valence-electron chi connectivity index (χ0n) is 12.5. The fourth-order valence-corrected chi connectivity index (χ4v) is 2.58. The molecule has 0 spiro atoms. The van der Waals surface area contributed by atoms with Crippen molar-refractivity contribution in [3.63, 3.8) is 0 Å². The van der Waals surface area contributed by atoms with E-state index in [0.29, 0.717) is 19.1 Å². The van der Waals surface area contributed by atoms with Crippen LogP contribution in [0.1, 0.15) is 32.8 Å². The van der Waals surface area contributed by atoms with E-state index in [9.17, 15) is 4.79 Å². The van der Waals surface area contributed by atoms with E-state index in [-0.39, 0.29) is 18.1 Å². The molecule has 4 nitrogen and oxygen atoms in total. The van der Waals surface area contributed by atoms with Crippen LogP contribution in [0.15, 0.2) is 24.3 Å². The molecule has 0 aliphatic carbocycles. The maximum atomic E-state index is 12.7. The lowest BCUT2D eigenvalue weighted by atomic mass is 10.0. The first-order valence-electron chi connectivity index (χ1n) is 7.25. The molecule has 1 aromatic carbocycles. The highest BCUT2D eigenvalue weighted by Crippen LogP contribution is 2.24. The second-order valence-corrected chi connectivity index (χ2v) is 5.86. The second-order valence-electron chi connectivity index (χ2n) is 5.86. The second kappa shape index (κ2) is 6.27. The van der Waals surface area contributed by atoms with Crippen LogP contribution >= 0.6 is 0 Å². The molecule has 1 aromatic rings. The van der Waals surface area contributed by atoms with Crippen LogP contribution in [0.5, 0.6) is 0 Å². The quantitative estimate of drug-likeness (QED) is 0.859. The molecule has 2 N–H and O–H groups in total. The van der Waals surface area contributed by atoms with Crippen molar-refractivity contribution in [3.8, 4) is 0 Å². The molecule has 0 saturated carbocycles. The average molecular weight is 276 g/mol. The first-order valence-corrected chi connectivity index (χ1v) is 7.25. The minimum absolute atomic E-state index is 0.0902. The van der Waals surface area contributed by atoms with E-state index < -0.39 is 0 Å². The molecule has 1 amide bonds. The van der Waals surface area contributed by atoms with Gasteiger partial charge in [0.2, 0.25) is 0 Å². The molecule has 1 fully saturated rings. The van der Waals surface area contributed by atoms with Crippen molar-refractivity contribution < 1.29 is 9.53 Å². The Kier molecular flexibility index (Phi) is 4.65. The Morgan fingerprint density at radius 1 is 1.50 bits per heavy atom. The number of hydrogen-bond acceptors (Lipinski definition) is 3. The number of carbonyl (C=O) groups excluding carboxylic acids is 1. The summed E-state index contributed by atoms with van der Waals surface area (Å²) in [4.78, 5) is 14.5. The normalized spacial score (nSPS) is 22.2. The molecule has 1 heterocycles. The SMILES string of the molecule is CC1CCOC1C(=O)N(Cc1cccc(N)c1)C(C)C. The number of hydrogen-bond donors (Lipinski definition) is 1. The number of carbonyl (C=O) groups is 1. The van der Waals surface area contributed by atoms with Crippen LogP contribution in [0.2, 0.25) is 0 Å². The topological polar surface area (TPSA) is 55.6 Å². The van der Waals surface area contributed by atoms with E-state index in [4.69, 9.17) is 10.5 Å². The third-order valence-corrected chi connectivity index (χ3v) is 3.84. The molecule has 2 atom stereocenters. The number of anilines is 1. The van der Waals surface area contributed by atoms with Gasteiger partial charge in [0.15, 0.2) is 0 Å². The molecular formula is C16H24N2O2. The van der Waals surface area contributed by atoms with Crippen molar-refractivity contribution in [2.45, 2.75) is 45.9 Å². The van der Waals surface area contributed by atoms with Crippen molar-refractivity contribution in [1.29, 1.82) is 0 Å². The summed E-state index contributed by atoms with van der Waals surface area (Å²) in [5.41, 5.74) is 7.58. The van der Waals surface area contributed by atoms with Crippen LogP contribution < -0.4 is 5.73 Å². The summed E-state index contributed by atoms with van der Waals surface area (Å²) in [6.07, 6.45) is 0.666. The molecule has 0 radical (unpaired) electrons. The third-order valence-electron chi connectivity index (χ3n) is 3.84. The van der Waals surface area contributed by atoms with Gasteiger partial charge in [-0.05, 0) is 43.9 Å². The van der Waals surface area contributed by atoms with Gasteiger partial charge in [-0.15, -0.1) is 0 Å². The summed E-state index contributed by atoms with van der Waals surface area (Å²) in [7, 11) is 0. The molecule has 1 aliphatic heterocycles. The maximum Gasteiger partial charge on any atom is 0.252 e. The Morgan fingerprint density at radius 2 is 2.25 bits per heavy atom. The summed E-state index contributed by atoms with van der Waals surface area (Å²) in [5, 5.41) is 0. The molecule has 2 unspecified atom stereocenters. The highest BCUT2D eigenvalue weighted by atomic mass is 16.5. The van der Waals surface area contributed by atoms with Gasteiger partial charge in [0.25, 0.3) is 5.91 Å². The monoisotopic (exact) mass is 276 g/mol.